The van der Waals surface area contributed by atoms with E-state index in [9.17, 15) is 10.1 Å². The summed E-state index contributed by atoms with van der Waals surface area (Å²) in [5.74, 6) is 0.332. The van der Waals surface area contributed by atoms with Gasteiger partial charge in [0.2, 0.25) is 0 Å². The number of nitro benzene ring substituents is 1. The highest BCUT2D eigenvalue weighted by Crippen LogP contribution is 2.26. The van der Waals surface area contributed by atoms with Gasteiger partial charge in [-0.15, -0.1) is 0 Å². The zero-order chi connectivity index (χ0) is 15.4. The summed E-state index contributed by atoms with van der Waals surface area (Å²) in [7, 11) is 0. The molecular weight excluding hydrogens is 300 g/mol. The first-order chi connectivity index (χ1) is 9.97. The van der Waals surface area contributed by atoms with Crippen LogP contribution in [0.3, 0.4) is 0 Å². The predicted molar refractivity (Wildman–Crippen MR) is 75.7 cm³/mol. The van der Waals surface area contributed by atoms with Crippen LogP contribution in [0.5, 0.6) is 5.88 Å². The van der Waals surface area contributed by atoms with Crippen LogP contribution in [0.4, 0.5) is 11.4 Å². The Morgan fingerprint density at radius 3 is 2.86 bits per heavy atom. The van der Waals surface area contributed by atoms with Crippen molar-refractivity contribution >= 4 is 23.0 Å². The van der Waals surface area contributed by atoms with E-state index < -0.39 is 4.92 Å². The van der Waals surface area contributed by atoms with E-state index in [1.54, 1.807) is 13.0 Å². The van der Waals surface area contributed by atoms with E-state index in [0.29, 0.717) is 23.8 Å². The second-order valence-electron chi connectivity index (χ2n) is 4.39. The fourth-order valence-corrected chi connectivity index (χ4v) is 1.82. The molecule has 0 bridgehead atoms. The SMILES string of the molecule is Cc1nonc1OC(C)CNc1ccc([N+](=O)[O-])cc1Cl. The first-order valence-electron chi connectivity index (χ1n) is 6.11. The Morgan fingerprint density at radius 2 is 2.29 bits per heavy atom. The Morgan fingerprint density at radius 1 is 1.52 bits per heavy atom. The van der Waals surface area contributed by atoms with Gasteiger partial charge in [0.15, 0.2) is 0 Å². The molecule has 0 saturated heterocycles. The smallest absolute Gasteiger partial charge is 0.279 e. The zero-order valence-electron chi connectivity index (χ0n) is 11.4. The topological polar surface area (TPSA) is 103 Å². The maximum absolute atomic E-state index is 10.6. The van der Waals surface area contributed by atoms with Gasteiger partial charge in [-0.1, -0.05) is 16.8 Å². The van der Waals surface area contributed by atoms with E-state index in [-0.39, 0.29) is 16.8 Å². The summed E-state index contributed by atoms with van der Waals surface area (Å²) < 4.78 is 10.1. The van der Waals surface area contributed by atoms with Crippen molar-refractivity contribution in [3.8, 4) is 5.88 Å². The van der Waals surface area contributed by atoms with Gasteiger partial charge in [0, 0.05) is 12.1 Å². The number of halogens is 1. The van der Waals surface area contributed by atoms with Crippen LogP contribution in [0.1, 0.15) is 12.6 Å². The Balaban J connectivity index is 1.93. The number of anilines is 1. The first kappa shape index (κ1) is 15.0. The van der Waals surface area contributed by atoms with E-state index in [0.717, 1.165) is 0 Å². The lowest BCUT2D eigenvalue weighted by Gasteiger charge is -2.14. The summed E-state index contributed by atoms with van der Waals surface area (Å²) in [6.45, 7) is 3.99. The van der Waals surface area contributed by atoms with Crippen molar-refractivity contribution in [2.45, 2.75) is 20.0 Å². The number of hydrogen-bond acceptors (Lipinski definition) is 7. The van der Waals surface area contributed by atoms with Crippen LogP contribution < -0.4 is 10.1 Å². The molecule has 0 radical (unpaired) electrons. The molecule has 1 aromatic heterocycles. The van der Waals surface area contributed by atoms with Crippen LogP contribution in [0.15, 0.2) is 22.8 Å². The van der Waals surface area contributed by atoms with Crippen LogP contribution in [0, 0.1) is 17.0 Å². The van der Waals surface area contributed by atoms with E-state index in [1.807, 2.05) is 6.92 Å². The van der Waals surface area contributed by atoms with Gasteiger partial charge >= 0.3 is 0 Å². The lowest BCUT2D eigenvalue weighted by atomic mass is 10.2. The van der Waals surface area contributed by atoms with Gasteiger partial charge in [-0.25, -0.2) is 4.63 Å². The molecule has 0 fully saturated rings. The van der Waals surface area contributed by atoms with Crippen LogP contribution in [-0.4, -0.2) is 27.9 Å². The Hall–Kier alpha value is -2.35. The van der Waals surface area contributed by atoms with Gasteiger partial charge in [-0.2, -0.15) is 0 Å². The summed E-state index contributed by atoms with van der Waals surface area (Å²) in [4.78, 5) is 10.1. The minimum atomic E-state index is -0.498. The van der Waals surface area contributed by atoms with Crippen LogP contribution >= 0.6 is 11.6 Å². The molecule has 112 valence electrons. The molecule has 1 N–H and O–H groups in total. The predicted octanol–water partition coefficient (Wildman–Crippen LogP) is 2.82. The second kappa shape index (κ2) is 6.40. The van der Waals surface area contributed by atoms with Crippen molar-refractivity contribution in [2.75, 3.05) is 11.9 Å². The minimum Gasteiger partial charge on any atom is -0.469 e. The van der Waals surface area contributed by atoms with Gasteiger partial charge in [0.1, 0.15) is 11.8 Å². The van der Waals surface area contributed by atoms with Crippen molar-refractivity contribution in [1.29, 1.82) is 0 Å². The molecule has 9 heteroatoms. The summed E-state index contributed by atoms with van der Waals surface area (Å²) >= 11 is 5.98. The zero-order valence-corrected chi connectivity index (χ0v) is 12.1. The normalized spacial score (nSPS) is 12.0. The molecular formula is C12H13ClN4O4. The van der Waals surface area contributed by atoms with Crippen molar-refractivity contribution in [2.24, 2.45) is 0 Å². The number of ether oxygens (including phenoxy) is 1. The molecule has 0 aliphatic heterocycles. The van der Waals surface area contributed by atoms with Gasteiger partial charge in [-0.3, -0.25) is 10.1 Å². The number of nitrogens with zero attached hydrogens (tertiary/aromatic N) is 3. The van der Waals surface area contributed by atoms with Crippen molar-refractivity contribution in [1.82, 2.24) is 10.3 Å². The molecule has 1 atom stereocenters. The number of nitrogens with one attached hydrogen (secondary N) is 1. The average molecular weight is 313 g/mol. The third kappa shape index (κ3) is 3.82. The quantitative estimate of drug-likeness (QED) is 0.646. The molecule has 1 unspecified atom stereocenters. The second-order valence-corrected chi connectivity index (χ2v) is 4.79. The number of benzene rings is 1. The number of non-ortho nitro benzene ring substituents is 1. The van der Waals surface area contributed by atoms with Crippen molar-refractivity contribution < 1.29 is 14.3 Å². The van der Waals surface area contributed by atoms with E-state index in [1.165, 1.54) is 12.1 Å². The molecule has 0 amide bonds. The summed E-state index contributed by atoms with van der Waals surface area (Å²) in [5, 5.41) is 21.2. The maximum atomic E-state index is 10.6. The largest absolute Gasteiger partial charge is 0.469 e. The Kier molecular flexibility index (Phi) is 4.59. The van der Waals surface area contributed by atoms with Crippen molar-refractivity contribution in [3.05, 3.63) is 39.0 Å². The van der Waals surface area contributed by atoms with Crippen molar-refractivity contribution in [3.63, 3.8) is 0 Å². The number of aryl methyl sites for hydroxylation is 1. The summed E-state index contributed by atoms with van der Waals surface area (Å²) in [6, 6.07) is 4.22. The first-order valence-corrected chi connectivity index (χ1v) is 6.49. The third-order valence-corrected chi connectivity index (χ3v) is 2.98. The van der Waals surface area contributed by atoms with E-state index in [4.69, 9.17) is 16.3 Å². The molecule has 1 heterocycles. The molecule has 0 spiro atoms. The molecule has 2 rings (SSSR count). The van der Waals surface area contributed by atoms with E-state index in [2.05, 4.69) is 20.3 Å². The molecule has 21 heavy (non-hydrogen) atoms. The third-order valence-electron chi connectivity index (χ3n) is 2.67. The lowest BCUT2D eigenvalue weighted by molar-refractivity contribution is -0.384. The highest BCUT2D eigenvalue weighted by atomic mass is 35.5. The van der Waals surface area contributed by atoms with Gasteiger partial charge < -0.3 is 10.1 Å². The van der Waals surface area contributed by atoms with Gasteiger partial charge in [-0.05, 0) is 25.1 Å². The summed E-state index contributed by atoms with van der Waals surface area (Å²) in [5.41, 5.74) is 1.10. The number of hydrogen-bond donors (Lipinski definition) is 1. The number of rotatable bonds is 6. The molecule has 0 aliphatic carbocycles. The molecule has 0 aliphatic rings. The highest BCUT2D eigenvalue weighted by Gasteiger charge is 2.13. The Bertz CT molecular complexity index is 646. The van der Waals surface area contributed by atoms with Crippen LogP contribution in [-0.2, 0) is 0 Å². The maximum Gasteiger partial charge on any atom is 0.279 e. The van der Waals surface area contributed by atoms with E-state index >= 15 is 0 Å². The molecule has 0 saturated carbocycles. The Labute approximate surface area is 125 Å². The average Bonchev–Trinajstić information content (AvgIpc) is 2.82. The highest BCUT2D eigenvalue weighted by molar-refractivity contribution is 6.33. The van der Waals surface area contributed by atoms with Crippen LogP contribution in [0.2, 0.25) is 5.02 Å². The fraction of sp³-hybridized carbons (Fsp3) is 0.333. The van der Waals surface area contributed by atoms with Crippen LogP contribution in [0.25, 0.3) is 0 Å². The van der Waals surface area contributed by atoms with Gasteiger partial charge in [0.05, 0.1) is 22.2 Å². The fourth-order valence-electron chi connectivity index (χ4n) is 1.58. The molecule has 2 aromatic rings. The minimum absolute atomic E-state index is 0.0563. The monoisotopic (exact) mass is 312 g/mol. The molecule has 8 nitrogen and oxygen atoms in total. The molecule has 1 aromatic carbocycles. The standard InChI is InChI=1S/C12H13ClN4O4/c1-7(20-12-8(2)15-21-16-12)6-14-11-4-3-9(17(18)19)5-10(11)13/h3-5,7,14H,6H2,1-2H3. The van der Waals surface area contributed by atoms with Gasteiger partial charge in [0.25, 0.3) is 11.6 Å². The number of nitro groups is 1. The summed E-state index contributed by atoms with van der Waals surface area (Å²) in [6.07, 6.45) is -0.221. The number of aromatic nitrogens is 2. The lowest BCUT2D eigenvalue weighted by Crippen LogP contribution is -2.23.